The molecule has 0 atom stereocenters. The van der Waals surface area contributed by atoms with Crippen molar-refractivity contribution in [2.75, 3.05) is 5.32 Å². The van der Waals surface area contributed by atoms with Crippen molar-refractivity contribution in [1.29, 1.82) is 0 Å². The number of anilines is 1. The van der Waals surface area contributed by atoms with Gasteiger partial charge in [0.25, 0.3) is 5.91 Å². The molecule has 0 radical (unpaired) electrons. The number of carbonyl (C=O) groups excluding carboxylic acids is 1. The van der Waals surface area contributed by atoms with Gasteiger partial charge in [0.1, 0.15) is 10.3 Å². The quantitative estimate of drug-likeness (QED) is 0.614. The summed E-state index contributed by atoms with van der Waals surface area (Å²) in [5.41, 5.74) is 1.15. The normalized spacial score (nSPS) is 10.0. The van der Waals surface area contributed by atoms with Gasteiger partial charge in [0.05, 0.1) is 0 Å². The van der Waals surface area contributed by atoms with Crippen LogP contribution in [0.4, 0.5) is 5.69 Å². The molecular formula is C12H8BrIN2O. The lowest BCUT2D eigenvalue weighted by molar-refractivity contribution is 0.102. The zero-order valence-corrected chi connectivity index (χ0v) is 12.4. The van der Waals surface area contributed by atoms with E-state index in [9.17, 15) is 4.79 Å². The smallest absolute Gasteiger partial charge is 0.274 e. The number of pyridine rings is 1. The van der Waals surface area contributed by atoms with E-state index in [0.717, 1.165) is 9.26 Å². The molecule has 1 aromatic heterocycles. The highest BCUT2D eigenvalue weighted by atomic mass is 127. The molecule has 0 unspecified atom stereocenters. The van der Waals surface area contributed by atoms with Crippen molar-refractivity contribution in [2.45, 2.75) is 0 Å². The molecule has 86 valence electrons. The van der Waals surface area contributed by atoms with E-state index in [1.54, 1.807) is 18.2 Å². The summed E-state index contributed by atoms with van der Waals surface area (Å²) < 4.78 is 1.72. The summed E-state index contributed by atoms with van der Waals surface area (Å²) in [4.78, 5) is 16.0. The fourth-order valence-electron chi connectivity index (χ4n) is 1.30. The second-order valence-corrected chi connectivity index (χ2v) is 5.37. The molecule has 17 heavy (non-hydrogen) atoms. The monoisotopic (exact) mass is 402 g/mol. The number of hydrogen-bond donors (Lipinski definition) is 1. The van der Waals surface area contributed by atoms with Crippen LogP contribution in [0.1, 0.15) is 10.5 Å². The molecule has 1 heterocycles. The Balaban J connectivity index is 2.17. The average molecular weight is 403 g/mol. The second kappa shape index (κ2) is 5.59. The minimum absolute atomic E-state index is 0.215. The summed E-state index contributed by atoms with van der Waals surface area (Å²) in [6.45, 7) is 0. The first kappa shape index (κ1) is 12.5. The molecule has 0 saturated carbocycles. The van der Waals surface area contributed by atoms with Crippen LogP contribution in [0.2, 0.25) is 0 Å². The highest BCUT2D eigenvalue weighted by molar-refractivity contribution is 14.1. The number of nitrogens with zero attached hydrogens (tertiary/aromatic N) is 1. The third-order valence-corrected chi connectivity index (χ3v) is 3.14. The van der Waals surface area contributed by atoms with Crippen molar-refractivity contribution in [2.24, 2.45) is 0 Å². The zero-order chi connectivity index (χ0) is 12.3. The summed E-state index contributed by atoms with van der Waals surface area (Å²) in [6.07, 6.45) is 0. The van der Waals surface area contributed by atoms with Crippen molar-refractivity contribution < 1.29 is 4.79 Å². The van der Waals surface area contributed by atoms with Crippen LogP contribution in [0.3, 0.4) is 0 Å². The molecule has 3 nitrogen and oxygen atoms in total. The third kappa shape index (κ3) is 3.50. The fourth-order valence-corrected chi connectivity index (χ4v) is 2.18. The third-order valence-electron chi connectivity index (χ3n) is 2.03. The molecule has 0 aliphatic carbocycles. The molecule has 2 aromatic rings. The number of aromatic nitrogens is 1. The number of nitrogens with one attached hydrogen (secondary N) is 1. The van der Waals surface area contributed by atoms with Crippen molar-refractivity contribution in [3.63, 3.8) is 0 Å². The maximum absolute atomic E-state index is 11.9. The van der Waals surface area contributed by atoms with Gasteiger partial charge in [0.15, 0.2) is 0 Å². The van der Waals surface area contributed by atoms with E-state index in [2.05, 4.69) is 48.8 Å². The molecule has 0 aliphatic rings. The lowest BCUT2D eigenvalue weighted by atomic mass is 10.3. The molecule has 0 aliphatic heterocycles. The van der Waals surface area contributed by atoms with Crippen LogP contribution in [0.25, 0.3) is 0 Å². The summed E-state index contributed by atoms with van der Waals surface area (Å²) in [7, 11) is 0. The topological polar surface area (TPSA) is 42.0 Å². The molecular weight excluding hydrogens is 395 g/mol. The Morgan fingerprint density at radius 2 is 2.00 bits per heavy atom. The van der Waals surface area contributed by atoms with E-state index in [1.807, 2.05) is 24.3 Å². The second-order valence-electron chi connectivity index (χ2n) is 3.31. The van der Waals surface area contributed by atoms with Crippen molar-refractivity contribution in [1.82, 2.24) is 4.98 Å². The summed E-state index contributed by atoms with van der Waals surface area (Å²) in [5.74, 6) is -0.215. The molecule has 0 bridgehead atoms. The molecule has 1 amide bonds. The van der Waals surface area contributed by atoms with Gasteiger partial charge in [-0.15, -0.1) is 0 Å². The van der Waals surface area contributed by atoms with Crippen molar-refractivity contribution in [3.8, 4) is 0 Å². The maximum atomic E-state index is 11.9. The zero-order valence-electron chi connectivity index (χ0n) is 8.65. The maximum Gasteiger partial charge on any atom is 0.274 e. The van der Waals surface area contributed by atoms with Crippen LogP contribution in [0.5, 0.6) is 0 Å². The van der Waals surface area contributed by atoms with E-state index < -0.39 is 0 Å². The Kier molecular flexibility index (Phi) is 4.11. The Morgan fingerprint density at radius 3 is 2.71 bits per heavy atom. The number of amides is 1. The lowest BCUT2D eigenvalue weighted by Gasteiger charge is -2.05. The molecule has 0 spiro atoms. The van der Waals surface area contributed by atoms with E-state index >= 15 is 0 Å². The average Bonchev–Trinajstić information content (AvgIpc) is 2.29. The minimum Gasteiger partial charge on any atom is -0.321 e. The van der Waals surface area contributed by atoms with Crippen molar-refractivity contribution >= 4 is 50.1 Å². The number of benzene rings is 1. The van der Waals surface area contributed by atoms with Gasteiger partial charge in [0, 0.05) is 9.26 Å². The Morgan fingerprint density at radius 1 is 1.24 bits per heavy atom. The first-order valence-corrected chi connectivity index (χ1v) is 6.72. The predicted molar refractivity (Wildman–Crippen MR) is 79.0 cm³/mol. The molecule has 1 N–H and O–H groups in total. The lowest BCUT2D eigenvalue weighted by Crippen LogP contribution is -2.13. The predicted octanol–water partition coefficient (Wildman–Crippen LogP) is 3.70. The fraction of sp³-hybridized carbons (Fsp3) is 0. The molecule has 1 aromatic carbocycles. The van der Waals surface area contributed by atoms with Gasteiger partial charge in [-0.25, -0.2) is 4.98 Å². The molecule has 2 rings (SSSR count). The number of halogens is 2. The SMILES string of the molecule is O=C(Nc1cccc(I)c1)c1cccc(Br)n1. The summed E-state index contributed by atoms with van der Waals surface area (Å²) >= 11 is 5.43. The number of carbonyl (C=O) groups is 1. The highest BCUT2D eigenvalue weighted by Gasteiger charge is 2.07. The Hall–Kier alpha value is -0.950. The molecule has 0 saturated heterocycles. The van der Waals surface area contributed by atoms with Gasteiger partial charge in [0.2, 0.25) is 0 Å². The van der Waals surface area contributed by atoms with Gasteiger partial charge < -0.3 is 5.32 Å². The first-order chi connectivity index (χ1) is 8.15. The van der Waals surface area contributed by atoms with Crippen LogP contribution in [-0.2, 0) is 0 Å². The highest BCUT2D eigenvalue weighted by Crippen LogP contribution is 2.14. The van der Waals surface area contributed by atoms with Crippen LogP contribution < -0.4 is 5.32 Å². The van der Waals surface area contributed by atoms with Gasteiger partial charge in [-0.3, -0.25) is 4.79 Å². The van der Waals surface area contributed by atoms with Crippen LogP contribution in [-0.4, -0.2) is 10.9 Å². The van der Waals surface area contributed by atoms with E-state index in [4.69, 9.17) is 0 Å². The van der Waals surface area contributed by atoms with E-state index in [1.165, 1.54) is 0 Å². The summed E-state index contributed by atoms with van der Waals surface area (Å²) in [6, 6.07) is 12.8. The standard InChI is InChI=1S/C12H8BrIN2O/c13-11-6-2-5-10(16-11)12(17)15-9-4-1-3-8(14)7-9/h1-7H,(H,15,17). The molecule has 0 fully saturated rings. The Bertz CT molecular complexity index is 560. The largest absolute Gasteiger partial charge is 0.321 e. The van der Waals surface area contributed by atoms with Gasteiger partial charge in [-0.2, -0.15) is 0 Å². The Labute approximate surface area is 121 Å². The van der Waals surface area contributed by atoms with Crippen LogP contribution >= 0.6 is 38.5 Å². The van der Waals surface area contributed by atoms with Crippen LogP contribution in [0.15, 0.2) is 47.1 Å². The van der Waals surface area contributed by atoms with Gasteiger partial charge in [-0.05, 0) is 68.9 Å². The van der Waals surface area contributed by atoms with Gasteiger partial charge >= 0.3 is 0 Å². The van der Waals surface area contributed by atoms with Crippen molar-refractivity contribution in [3.05, 3.63) is 56.3 Å². The van der Waals surface area contributed by atoms with E-state index in [-0.39, 0.29) is 5.91 Å². The minimum atomic E-state index is -0.215. The van der Waals surface area contributed by atoms with Crippen LogP contribution in [0, 0.1) is 3.57 Å². The molecule has 5 heteroatoms. The van der Waals surface area contributed by atoms with E-state index in [0.29, 0.717) is 10.3 Å². The number of hydrogen-bond acceptors (Lipinski definition) is 2. The summed E-state index contributed by atoms with van der Waals surface area (Å²) in [5, 5.41) is 2.80. The van der Waals surface area contributed by atoms with Gasteiger partial charge in [-0.1, -0.05) is 12.1 Å². The first-order valence-electron chi connectivity index (χ1n) is 4.84. The number of rotatable bonds is 2.